The van der Waals surface area contributed by atoms with Crippen LogP contribution in [-0.4, -0.2) is 17.0 Å². The van der Waals surface area contributed by atoms with Gasteiger partial charge >= 0.3 is 0 Å². The van der Waals surface area contributed by atoms with Crippen molar-refractivity contribution < 1.29 is 5.11 Å². The second kappa shape index (κ2) is 2.74. The van der Waals surface area contributed by atoms with Crippen LogP contribution in [-0.2, 0) is 0 Å². The quantitative estimate of drug-likeness (QED) is 0.546. The minimum atomic E-state index is -0.0386. The van der Waals surface area contributed by atoms with E-state index in [0.717, 1.165) is 0 Å². The molecule has 0 radical (unpaired) electrons. The molecule has 0 rings (SSSR count). The largest absolute Gasteiger partial charge is 0.396 e. The van der Waals surface area contributed by atoms with Crippen LogP contribution < -0.4 is 0 Å². The molecule has 0 aromatic rings. The van der Waals surface area contributed by atoms with Crippen LogP contribution >= 0.6 is 12.6 Å². The van der Waals surface area contributed by atoms with Gasteiger partial charge in [0.1, 0.15) is 0 Å². The van der Waals surface area contributed by atoms with Gasteiger partial charge in [-0.1, -0.05) is 20.8 Å². The highest BCUT2D eigenvalue weighted by Gasteiger charge is 2.20. The van der Waals surface area contributed by atoms with E-state index in [2.05, 4.69) is 12.6 Å². The van der Waals surface area contributed by atoms with Crippen molar-refractivity contribution in [1.82, 2.24) is 0 Å². The molecule has 0 saturated heterocycles. The summed E-state index contributed by atoms with van der Waals surface area (Å²) in [6, 6.07) is 0. The lowest BCUT2D eigenvalue weighted by Gasteiger charge is -2.24. The molecule has 1 atom stereocenters. The Bertz CT molecular complexity index is 68.9. The van der Waals surface area contributed by atoms with Crippen molar-refractivity contribution in [1.29, 1.82) is 0 Å². The molecule has 0 fully saturated rings. The summed E-state index contributed by atoms with van der Waals surface area (Å²) < 4.78 is 0. The molecule has 0 aromatic carbocycles. The van der Waals surface area contributed by atoms with Crippen molar-refractivity contribution in [2.24, 2.45) is 5.41 Å². The summed E-state index contributed by atoms with van der Waals surface area (Å²) in [6.45, 7) is 6.17. The first-order valence-electron chi connectivity index (χ1n) is 2.79. The molecule has 50 valence electrons. The molecule has 0 amide bonds. The molecule has 0 aliphatic carbocycles. The Kier molecular flexibility index (Phi) is 2.84. The summed E-state index contributed by atoms with van der Waals surface area (Å²) in [5.41, 5.74) is -0.0386. The van der Waals surface area contributed by atoms with Gasteiger partial charge in [-0.05, 0) is 5.41 Å². The Hall–Kier alpha value is 0.310. The highest BCUT2D eigenvalue weighted by molar-refractivity contribution is 7.81. The average molecular weight is 134 g/mol. The van der Waals surface area contributed by atoms with Crippen LogP contribution in [0.25, 0.3) is 0 Å². The highest BCUT2D eigenvalue weighted by atomic mass is 32.1. The molecule has 1 unspecified atom stereocenters. The fourth-order valence-corrected chi connectivity index (χ4v) is 0.214. The van der Waals surface area contributed by atoms with Gasteiger partial charge in [-0.2, -0.15) is 12.6 Å². The number of hydrogen-bond donors (Lipinski definition) is 2. The number of hydrogen-bond acceptors (Lipinski definition) is 2. The molecule has 1 nitrogen and oxygen atoms in total. The molecule has 0 bridgehead atoms. The molecule has 0 aliphatic heterocycles. The standard InChI is InChI=1S/C6H14OS/c1-5(8)6(2,3)4-7/h5,7-8H,4H2,1-3H3. The maximum atomic E-state index is 8.72. The van der Waals surface area contributed by atoms with Crippen LogP contribution in [0.4, 0.5) is 0 Å². The van der Waals surface area contributed by atoms with Gasteiger partial charge in [0.15, 0.2) is 0 Å². The molecule has 2 heteroatoms. The fourth-order valence-electron chi connectivity index (χ4n) is 0.132. The normalized spacial score (nSPS) is 16.1. The van der Waals surface area contributed by atoms with Crippen molar-refractivity contribution in [3.63, 3.8) is 0 Å². The average Bonchev–Trinajstić information content (AvgIpc) is 1.67. The van der Waals surface area contributed by atoms with Crippen molar-refractivity contribution in [3.05, 3.63) is 0 Å². The zero-order valence-corrected chi connectivity index (χ0v) is 6.57. The van der Waals surface area contributed by atoms with Crippen LogP contribution in [0.1, 0.15) is 20.8 Å². The summed E-state index contributed by atoms with van der Waals surface area (Å²) in [4.78, 5) is 0. The van der Waals surface area contributed by atoms with E-state index in [-0.39, 0.29) is 17.3 Å². The summed E-state index contributed by atoms with van der Waals surface area (Å²) in [5.74, 6) is 0. The number of thiol groups is 1. The molecule has 0 spiro atoms. The van der Waals surface area contributed by atoms with Crippen LogP contribution in [0.2, 0.25) is 0 Å². The van der Waals surface area contributed by atoms with E-state index >= 15 is 0 Å². The Morgan fingerprint density at radius 3 is 2.00 bits per heavy atom. The molecular formula is C6H14OS. The van der Waals surface area contributed by atoms with Gasteiger partial charge in [-0.15, -0.1) is 0 Å². The van der Waals surface area contributed by atoms with E-state index in [0.29, 0.717) is 0 Å². The topological polar surface area (TPSA) is 20.2 Å². The van der Waals surface area contributed by atoms with Crippen molar-refractivity contribution >= 4 is 12.6 Å². The van der Waals surface area contributed by atoms with Gasteiger partial charge in [0.25, 0.3) is 0 Å². The predicted molar refractivity (Wildman–Crippen MR) is 39.3 cm³/mol. The third-order valence-corrected chi connectivity index (χ3v) is 2.24. The third-order valence-electron chi connectivity index (χ3n) is 1.54. The van der Waals surface area contributed by atoms with Gasteiger partial charge in [0.2, 0.25) is 0 Å². The van der Waals surface area contributed by atoms with Gasteiger partial charge in [0, 0.05) is 11.9 Å². The summed E-state index contributed by atoms with van der Waals surface area (Å²) in [7, 11) is 0. The van der Waals surface area contributed by atoms with Gasteiger partial charge in [0.05, 0.1) is 0 Å². The fraction of sp³-hybridized carbons (Fsp3) is 1.00. The van der Waals surface area contributed by atoms with E-state index < -0.39 is 0 Å². The molecule has 0 saturated carbocycles. The lowest BCUT2D eigenvalue weighted by atomic mass is 9.91. The van der Waals surface area contributed by atoms with Crippen molar-refractivity contribution in [2.45, 2.75) is 26.0 Å². The Morgan fingerprint density at radius 1 is 1.62 bits per heavy atom. The smallest absolute Gasteiger partial charge is 0.0492 e. The maximum Gasteiger partial charge on any atom is 0.0492 e. The predicted octanol–water partition coefficient (Wildman–Crippen LogP) is 1.32. The summed E-state index contributed by atoms with van der Waals surface area (Å²) in [5, 5.41) is 8.97. The monoisotopic (exact) mass is 134 g/mol. The molecule has 1 N–H and O–H groups in total. The van der Waals surface area contributed by atoms with Crippen molar-refractivity contribution in [2.75, 3.05) is 6.61 Å². The molecular weight excluding hydrogens is 120 g/mol. The minimum absolute atomic E-state index is 0.0386. The van der Waals surface area contributed by atoms with E-state index in [1.165, 1.54) is 0 Å². The van der Waals surface area contributed by atoms with Gasteiger partial charge < -0.3 is 5.11 Å². The van der Waals surface area contributed by atoms with Crippen LogP contribution in [0, 0.1) is 5.41 Å². The van der Waals surface area contributed by atoms with Crippen molar-refractivity contribution in [3.8, 4) is 0 Å². The van der Waals surface area contributed by atoms with E-state index in [9.17, 15) is 0 Å². The first-order chi connectivity index (χ1) is 3.50. The lowest BCUT2D eigenvalue weighted by molar-refractivity contribution is 0.161. The minimum Gasteiger partial charge on any atom is -0.396 e. The lowest BCUT2D eigenvalue weighted by Crippen LogP contribution is -2.25. The zero-order chi connectivity index (χ0) is 6.78. The van der Waals surface area contributed by atoms with E-state index in [1.54, 1.807) is 0 Å². The SMILES string of the molecule is CC(S)C(C)(C)CO. The highest BCUT2D eigenvalue weighted by Crippen LogP contribution is 2.22. The number of aliphatic hydroxyl groups is 1. The van der Waals surface area contributed by atoms with Crippen LogP contribution in [0.3, 0.4) is 0 Å². The zero-order valence-electron chi connectivity index (χ0n) is 5.68. The maximum absolute atomic E-state index is 8.72. The third kappa shape index (κ3) is 2.05. The Morgan fingerprint density at radius 2 is 2.00 bits per heavy atom. The van der Waals surface area contributed by atoms with Crippen LogP contribution in [0.5, 0.6) is 0 Å². The van der Waals surface area contributed by atoms with Crippen LogP contribution in [0.15, 0.2) is 0 Å². The Labute approximate surface area is 56.5 Å². The first kappa shape index (κ1) is 8.31. The molecule has 0 aliphatic rings. The first-order valence-corrected chi connectivity index (χ1v) is 3.31. The Balaban J connectivity index is 3.71. The second-order valence-corrected chi connectivity index (χ2v) is 3.60. The van der Waals surface area contributed by atoms with E-state index in [4.69, 9.17) is 5.11 Å². The molecule has 0 heterocycles. The molecule has 0 aromatic heterocycles. The number of aliphatic hydroxyl groups excluding tert-OH is 1. The molecule has 8 heavy (non-hydrogen) atoms. The van der Waals surface area contributed by atoms with E-state index in [1.807, 2.05) is 20.8 Å². The van der Waals surface area contributed by atoms with Gasteiger partial charge in [-0.3, -0.25) is 0 Å². The summed E-state index contributed by atoms with van der Waals surface area (Å²) in [6.07, 6.45) is 0. The van der Waals surface area contributed by atoms with Gasteiger partial charge in [-0.25, -0.2) is 0 Å². The summed E-state index contributed by atoms with van der Waals surface area (Å²) >= 11 is 4.20. The second-order valence-electron chi connectivity index (χ2n) is 2.82. The number of rotatable bonds is 2.